The monoisotopic (exact) mass is 460 g/mol. The van der Waals surface area contributed by atoms with E-state index in [0.717, 1.165) is 21.6 Å². The summed E-state index contributed by atoms with van der Waals surface area (Å²) in [4.78, 5) is 26.9. The Morgan fingerprint density at radius 2 is 1.83 bits per heavy atom. The number of carbonyl (C=O) groups excluding carboxylic acids is 2. The van der Waals surface area contributed by atoms with E-state index in [4.69, 9.17) is 9.52 Å². The van der Waals surface area contributed by atoms with Gasteiger partial charge in [-0.3, -0.25) is 14.5 Å². The molecule has 0 saturated carbocycles. The highest BCUT2D eigenvalue weighted by Gasteiger charge is 2.35. The highest BCUT2D eigenvalue weighted by molar-refractivity contribution is 6.20. The Labute approximate surface area is 201 Å². The number of aromatic nitrogens is 2. The Morgan fingerprint density at radius 3 is 2.54 bits per heavy atom. The number of benzene rings is 2. The van der Waals surface area contributed by atoms with E-state index in [9.17, 15) is 14.9 Å². The summed E-state index contributed by atoms with van der Waals surface area (Å²) in [5.74, 6) is -0.573. The summed E-state index contributed by atoms with van der Waals surface area (Å²) in [6.45, 7) is 5.24. The van der Waals surface area contributed by atoms with E-state index in [0.29, 0.717) is 22.6 Å². The molecule has 0 saturated heterocycles. The number of hydrogen-bond donors (Lipinski definition) is 0. The maximum absolute atomic E-state index is 13.3. The molecule has 0 unspecified atom stereocenters. The molecule has 1 aliphatic heterocycles. The Kier molecular flexibility index (Phi) is 5.47. The summed E-state index contributed by atoms with van der Waals surface area (Å²) < 4.78 is 7.78. The van der Waals surface area contributed by atoms with Gasteiger partial charge in [-0.15, -0.1) is 6.58 Å². The third-order valence-corrected chi connectivity index (χ3v) is 5.86. The molecule has 2 aromatic carbocycles. The van der Waals surface area contributed by atoms with Gasteiger partial charge in [-0.1, -0.05) is 42.5 Å². The predicted molar refractivity (Wildman–Crippen MR) is 132 cm³/mol. The fourth-order valence-electron chi connectivity index (χ4n) is 4.08. The minimum atomic E-state index is -0.621. The fourth-order valence-corrected chi connectivity index (χ4v) is 4.08. The first-order chi connectivity index (χ1) is 17.0. The van der Waals surface area contributed by atoms with Gasteiger partial charge in [0.05, 0.1) is 5.69 Å². The minimum absolute atomic E-state index is 0.00712. The Hall–Kier alpha value is -4.96. The van der Waals surface area contributed by atoms with Gasteiger partial charge in [0.2, 0.25) is 0 Å². The first-order valence-electron chi connectivity index (χ1n) is 11.0. The van der Waals surface area contributed by atoms with Gasteiger partial charge in [0.15, 0.2) is 5.76 Å². The molecule has 0 N–H and O–H groups in total. The number of para-hydroxylation sites is 2. The quantitative estimate of drug-likeness (QED) is 0.236. The van der Waals surface area contributed by atoms with E-state index < -0.39 is 11.8 Å². The number of fused-ring (bicyclic) bond motifs is 1. The van der Waals surface area contributed by atoms with Crippen LogP contribution in [0.1, 0.15) is 12.5 Å². The van der Waals surface area contributed by atoms with Crippen LogP contribution in [-0.2, 0) is 9.59 Å². The number of furan rings is 1. The van der Waals surface area contributed by atoms with Gasteiger partial charge in [-0.25, -0.2) is 4.68 Å². The van der Waals surface area contributed by atoms with Crippen LogP contribution in [0.2, 0.25) is 0 Å². The summed E-state index contributed by atoms with van der Waals surface area (Å²) in [5.41, 5.74) is 3.19. The van der Waals surface area contributed by atoms with E-state index in [1.807, 2.05) is 66.7 Å². The molecule has 5 rings (SSSR count). The highest BCUT2D eigenvalue weighted by atomic mass is 16.3. The van der Waals surface area contributed by atoms with Gasteiger partial charge in [-0.05, 0) is 42.8 Å². The Bertz CT molecular complexity index is 1560. The molecule has 2 amide bonds. The van der Waals surface area contributed by atoms with Gasteiger partial charge >= 0.3 is 0 Å². The molecule has 0 radical (unpaired) electrons. The van der Waals surface area contributed by atoms with Crippen LogP contribution in [0.5, 0.6) is 0 Å². The van der Waals surface area contributed by atoms with Crippen molar-refractivity contribution >= 4 is 28.9 Å². The molecule has 0 aliphatic carbocycles. The molecule has 0 fully saturated rings. The lowest BCUT2D eigenvalue weighted by atomic mass is 9.93. The predicted octanol–water partition coefficient (Wildman–Crippen LogP) is 5.06. The van der Waals surface area contributed by atoms with Crippen LogP contribution in [0.25, 0.3) is 34.2 Å². The van der Waals surface area contributed by atoms with Gasteiger partial charge in [0.25, 0.3) is 11.8 Å². The van der Waals surface area contributed by atoms with E-state index in [2.05, 4.69) is 6.58 Å². The summed E-state index contributed by atoms with van der Waals surface area (Å²) in [7, 11) is 0. The van der Waals surface area contributed by atoms with Crippen molar-refractivity contribution < 1.29 is 14.0 Å². The van der Waals surface area contributed by atoms with Gasteiger partial charge in [0, 0.05) is 29.3 Å². The van der Waals surface area contributed by atoms with Crippen molar-refractivity contribution in [2.45, 2.75) is 6.92 Å². The third-order valence-electron chi connectivity index (χ3n) is 5.86. The lowest BCUT2D eigenvalue weighted by Crippen LogP contribution is -2.42. The molecule has 0 atom stereocenters. The molecule has 3 heterocycles. The second kappa shape index (κ2) is 8.76. The number of nitriles is 1. The first kappa shape index (κ1) is 21.9. The van der Waals surface area contributed by atoms with Gasteiger partial charge in [-0.2, -0.15) is 10.4 Å². The second-order valence-electron chi connectivity index (χ2n) is 8.04. The molecule has 1 aliphatic rings. The smallest absolute Gasteiger partial charge is 0.271 e. The first-order valence-corrected chi connectivity index (χ1v) is 11.0. The fraction of sp³-hybridized carbons (Fsp3) is 0.0714. The number of imide groups is 1. The van der Waals surface area contributed by atoms with Crippen molar-refractivity contribution in [3.05, 3.63) is 102 Å². The van der Waals surface area contributed by atoms with Crippen LogP contribution in [0.4, 0.5) is 0 Å². The lowest BCUT2D eigenvalue weighted by Gasteiger charge is -2.26. The number of carbonyl (C=O) groups is 2. The average Bonchev–Trinajstić information content (AvgIpc) is 3.49. The molecule has 35 heavy (non-hydrogen) atoms. The molecule has 4 aromatic rings. The SMILES string of the molecule is C=CCN1C(=O)C(C#N)=C(C)/C(=C\c2cn(-c3ccccc3)nc2-c2cc3ccccc3o2)C1=O. The van der Waals surface area contributed by atoms with Gasteiger partial charge in [0.1, 0.15) is 22.9 Å². The maximum atomic E-state index is 13.3. The van der Waals surface area contributed by atoms with Crippen LogP contribution in [0.15, 0.2) is 101 Å². The Balaban J connectivity index is 1.72. The average molecular weight is 460 g/mol. The number of hydrogen-bond acceptors (Lipinski definition) is 5. The summed E-state index contributed by atoms with van der Waals surface area (Å²) in [6.07, 6.45) is 4.91. The van der Waals surface area contributed by atoms with Crippen molar-refractivity contribution in [1.29, 1.82) is 5.26 Å². The Morgan fingerprint density at radius 1 is 1.09 bits per heavy atom. The molecule has 7 heteroatoms. The lowest BCUT2D eigenvalue weighted by molar-refractivity contribution is -0.139. The number of nitrogens with zero attached hydrogens (tertiary/aromatic N) is 4. The van der Waals surface area contributed by atoms with Gasteiger partial charge < -0.3 is 4.42 Å². The standard InChI is InChI=1S/C28H20N4O3/c1-3-13-31-27(33)22(18(2)23(16-29)28(31)34)14-20-17-32(21-10-5-4-6-11-21)30-26(20)25-15-19-9-7-8-12-24(19)35-25/h3-12,14-15,17H,1,13H2,2H3/b22-14+. The molecule has 7 nitrogen and oxygen atoms in total. The van der Waals surface area contributed by atoms with Crippen LogP contribution in [0.3, 0.4) is 0 Å². The van der Waals surface area contributed by atoms with Crippen molar-refractivity contribution in [2.24, 2.45) is 0 Å². The molecule has 2 aromatic heterocycles. The maximum Gasteiger partial charge on any atom is 0.271 e. The number of rotatable bonds is 5. The zero-order chi connectivity index (χ0) is 24.5. The van der Waals surface area contributed by atoms with Crippen LogP contribution in [0, 0.1) is 11.3 Å². The minimum Gasteiger partial charge on any atom is -0.454 e. The van der Waals surface area contributed by atoms with Crippen LogP contribution in [-0.4, -0.2) is 33.0 Å². The highest BCUT2D eigenvalue weighted by Crippen LogP contribution is 2.33. The third kappa shape index (κ3) is 3.77. The summed E-state index contributed by atoms with van der Waals surface area (Å²) in [6, 6.07) is 21.1. The van der Waals surface area contributed by atoms with Crippen LogP contribution < -0.4 is 0 Å². The molecular weight excluding hydrogens is 440 g/mol. The molecule has 0 bridgehead atoms. The largest absolute Gasteiger partial charge is 0.454 e. The summed E-state index contributed by atoms with van der Waals surface area (Å²) >= 11 is 0. The van der Waals surface area contributed by atoms with E-state index in [1.165, 1.54) is 6.08 Å². The van der Waals surface area contributed by atoms with Crippen molar-refractivity contribution in [3.63, 3.8) is 0 Å². The molecule has 170 valence electrons. The number of amides is 2. The second-order valence-corrected chi connectivity index (χ2v) is 8.04. The zero-order valence-corrected chi connectivity index (χ0v) is 18.9. The van der Waals surface area contributed by atoms with Crippen molar-refractivity contribution in [3.8, 4) is 23.2 Å². The zero-order valence-electron chi connectivity index (χ0n) is 18.9. The van der Waals surface area contributed by atoms with E-state index >= 15 is 0 Å². The van der Waals surface area contributed by atoms with Crippen LogP contribution >= 0.6 is 0 Å². The van der Waals surface area contributed by atoms with E-state index in [1.54, 1.807) is 23.9 Å². The summed E-state index contributed by atoms with van der Waals surface area (Å²) in [5, 5.41) is 15.3. The van der Waals surface area contributed by atoms with E-state index in [-0.39, 0.29) is 17.7 Å². The van der Waals surface area contributed by atoms with Crippen molar-refractivity contribution in [1.82, 2.24) is 14.7 Å². The topological polar surface area (TPSA) is 92.1 Å². The molecule has 0 spiro atoms. The van der Waals surface area contributed by atoms with Crippen molar-refractivity contribution in [2.75, 3.05) is 6.54 Å². The normalized spacial score (nSPS) is 15.2. The molecular formula is C28H20N4O3.